The first-order valence-electron chi connectivity index (χ1n) is 7.25. The van der Waals surface area contributed by atoms with Crippen LogP contribution >= 0.6 is 0 Å². The van der Waals surface area contributed by atoms with E-state index in [1.54, 1.807) is 19.2 Å². The first kappa shape index (κ1) is 14.4. The molecular weight excluding hydrogens is 280 g/mol. The monoisotopic (exact) mass is 298 g/mol. The molecule has 0 aliphatic heterocycles. The number of carbonyl (C=O) groups is 1. The van der Waals surface area contributed by atoms with Crippen molar-refractivity contribution in [2.75, 3.05) is 7.11 Å². The zero-order valence-corrected chi connectivity index (χ0v) is 12.6. The van der Waals surface area contributed by atoms with Gasteiger partial charge in [-0.05, 0) is 54.7 Å². The number of furan rings is 1. The van der Waals surface area contributed by atoms with E-state index in [1.807, 2.05) is 18.2 Å². The largest absolute Gasteiger partial charge is 0.497 e. The number of rotatable bonds is 3. The maximum absolute atomic E-state index is 11.9. The number of amides is 1. The summed E-state index contributed by atoms with van der Waals surface area (Å²) < 4.78 is 10.3. The molecule has 0 saturated heterocycles. The minimum Gasteiger partial charge on any atom is -0.497 e. The number of benzene rings is 1. The van der Waals surface area contributed by atoms with Crippen molar-refractivity contribution >= 4 is 11.6 Å². The standard InChI is InChI=1S/C17H18N2O3/c1-11-8-12-10-13(21-2)5-6-14(12)15(9-11)18-19-17(20)16-4-3-7-22-16/h3-7,10-11H,8-9H2,1-2H3,(H,19,20)/b18-15-/t11-/m0/s1. The Bertz CT molecular complexity index is 705. The van der Waals surface area contributed by atoms with Crippen molar-refractivity contribution in [1.29, 1.82) is 0 Å². The average molecular weight is 298 g/mol. The SMILES string of the molecule is COc1ccc2c(c1)C[C@H](C)C/C2=N/NC(=O)c1ccco1. The van der Waals surface area contributed by atoms with Gasteiger partial charge in [0.15, 0.2) is 5.76 Å². The summed E-state index contributed by atoms with van der Waals surface area (Å²) in [6, 6.07) is 9.23. The summed E-state index contributed by atoms with van der Waals surface area (Å²) in [4.78, 5) is 11.9. The Balaban J connectivity index is 1.85. The van der Waals surface area contributed by atoms with E-state index in [-0.39, 0.29) is 11.7 Å². The van der Waals surface area contributed by atoms with E-state index in [0.29, 0.717) is 5.92 Å². The van der Waals surface area contributed by atoms with Crippen LogP contribution < -0.4 is 10.2 Å². The maximum Gasteiger partial charge on any atom is 0.307 e. The highest BCUT2D eigenvalue weighted by atomic mass is 16.5. The normalized spacial score (nSPS) is 18.8. The Morgan fingerprint density at radius 1 is 1.36 bits per heavy atom. The molecule has 1 N–H and O–H groups in total. The molecule has 1 aromatic carbocycles. The van der Waals surface area contributed by atoms with Gasteiger partial charge in [-0.2, -0.15) is 5.10 Å². The van der Waals surface area contributed by atoms with Gasteiger partial charge >= 0.3 is 5.91 Å². The second-order valence-electron chi connectivity index (χ2n) is 5.51. The van der Waals surface area contributed by atoms with E-state index >= 15 is 0 Å². The van der Waals surface area contributed by atoms with Gasteiger partial charge in [0.05, 0.1) is 19.1 Å². The third-order valence-corrected chi connectivity index (χ3v) is 3.77. The lowest BCUT2D eigenvalue weighted by Crippen LogP contribution is -2.24. The number of hydrogen-bond donors (Lipinski definition) is 1. The van der Waals surface area contributed by atoms with Crippen molar-refractivity contribution in [3.05, 3.63) is 53.5 Å². The quantitative estimate of drug-likeness (QED) is 0.886. The molecule has 1 aliphatic rings. The zero-order valence-electron chi connectivity index (χ0n) is 12.6. The molecule has 0 saturated carbocycles. The van der Waals surface area contributed by atoms with E-state index in [1.165, 1.54) is 11.8 Å². The van der Waals surface area contributed by atoms with E-state index in [9.17, 15) is 4.79 Å². The van der Waals surface area contributed by atoms with Crippen molar-refractivity contribution in [3.63, 3.8) is 0 Å². The zero-order chi connectivity index (χ0) is 15.5. The number of ether oxygens (including phenoxy) is 1. The number of methoxy groups -OCH3 is 1. The topological polar surface area (TPSA) is 63.8 Å². The molecule has 3 rings (SSSR count). The number of hydrazone groups is 1. The molecule has 114 valence electrons. The van der Waals surface area contributed by atoms with Crippen LogP contribution in [0.25, 0.3) is 0 Å². The van der Waals surface area contributed by atoms with Gasteiger partial charge in [0.1, 0.15) is 5.75 Å². The van der Waals surface area contributed by atoms with Crippen molar-refractivity contribution < 1.29 is 13.9 Å². The highest BCUT2D eigenvalue weighted by Gasteiger charge is 2.22. The number of nitrogens with zero attached hydrogens (tertiary/aromatic N) is 1. The smallest absolute Gasteiger partial charge is 0.307 e. The van der Waals surface area contributed by atoms with Crippen LogP contribution in [0.15, 0.2) is 46.1 Å². The predicted octanol–water partition coefficient (Wildman–Crippen LogP) is 3.00. The molecule has 1 aromatic heterocycles. The molecule has 5 nitrogen and oxygen atoms in total. The Hall–Kier alpha value is -2.56. The molecular formula is C17H18N2O3. The van der Waals surface area contributed by atoms with Crippen molar-refractivity contribution in [2.45, 2.75) is 19.8 Å². The predicted molar refractivity (Wildman–Crippen MR) is 83.2 cm³/mol. The second-order valence-corrected chi connectivity index (χ2v) is 5.51. The molecule has 0 radical (unpaired) electrons. The van der Waals surface area contributed by atoms with Gasteiger partial charge in [-0.25, -0.2) is 5.43 Å². The molecule has 1 amide bonds. The molecule has 0 bridgehead atoms. The summed E-state index contributed by atoms with van der Waals surface area (Å²) in [5.41, 5.74) is 5.72. The van der Waals surface area contributed by atoms with Crippen LogP contribution in [-0.2, 0) is 6.42 Å². The molecule has 0 unspecified atom stereocenters. The summed E-state index contributed by atoms with van der Waals surface area (Å²) in [6.45, 7) is 2.17. The van der Waals surface area contributed by atoms with Crippen LogP contribution in [0.5, 0.6) is 5.75 Å². The summed E-state index contributed by atoms with van der Waals surface area (Å²) in [7, 11) is 1.66. The fourth-order valence-electron chi connectivity index (χ4n) is 2.72. The first-order chi connectivity index (χ1) is 10.7. The molecule has 1 atom stereocenters. The molecule has 0 fully saturated rings. The fraction of sp³-hybridized carbons (Fsp3) is 0.294. The summed E-state index contributed by atoms with van der Waals surface area (Å²) in [6.07, 6.45) is 3.28. The van der Waals surface area contributed by atoms with E-state index < -0.39 is 0 Å². The van der Waals surface area contributed by atoms with Crippen LogP contribution in [0.4, 0.5) is 0 Å². The van der Waals surface area contributed by atoms with E-state index in [4.69, 9.17) is 9.15 Å². The maximum atomic E-state index is 11.9. The van der Waals surface area contributed by atoms with Crippen LogP contribution in [0.2, 0.25) is 0 Å². The van der Waals surface area contributed by atoms with Gasteiger partial charge in [0, 0.05) is 5.56 Å². The highest BCUT2D eigenvalue weighted by molar-refractivity contribution is 6.04. The third kappa shape index (κ3) is 2.88. The number of carbonyl (C=O) groups excluding carboxylic acids is 1. The minimum atomic E-state index is -0.342. The first-order valence-corrected chi connectivity index (χ1v) is 7.25. The summed E-state index contributed by atoms with van der Waals surface area (Å²) >= 11 is 0. The van der Waals surface area contributed by atoms with Crippen LogP contribution in [0, 0.1) is 5.92 Å². The Kier molecular flexibility index (Phi) is 3.96. The Morgan fingerprint density at radius 3 is 2.95 bits per heavy atom. The summed E-state index contributed by atoms with van der Waals surface area (Å²) in [5, 5.41) is 4.30. The van der Waals surface area contributed by atoms with Gasteiger partial charge in [0.2, 0.25) is 0 Å². The molecule has 1 aliphatic carbocycles. The molecule has 1 heterocycles. The molecule has 22 heavy (non-hydrogen) atoms. The third-order valence-electron chi connectivity index (χ3n) is 3.77. The number of hydrogen-bond acceptors (Lipinski definition) is 4. The van der Waals surface area contributed by atoms with Gasteiger partial charge < -0.3 is 9.15 Å². The van der Waals surface area contributed by atoms with Crippen molar-refractivity contribution in [1.82, 2.24) is 5.43 Å². The lowest BCUT2D eigenvalue weighted by Gasteiger charge is -2.23. The minimum absolute atomic E-state index is 0.253. The van der Waals surface area contributed by atoms with E-state index in [2.05, 4.69) is 17.5 Å². The van der Waals surface area contributed by atoms with Crippen LogP contribution in [0.3, 0.4) is 0 Å². The molecule has 2 aromatic rings. The van der Waals surface area contributed by atoms with Gasteiger partial charge in [-0.1, -0.05) is 6.92 Å². The van der Waals surface area contributed by atoms with Gasteiger partial charge in [-0.3, -0.25) is 4.79 Å². The van der Waals surface area contributed by atoms with Gasteiger partial charge in [0.25, 0.3) is 0 Å². The molecule has 0 spiro atoms. The van der Waals surface area contributed by atoms with Crippen molar-refractivity contribution in [3.8, 4) is 5.75 Å². The van der Waals surface area contributed by atoms with Gasteiger partial charge in [-0.15, -0.1) is 0 Å². The highest BCUT2D eigenvalue weighted by Crippen LogP contribution is 2.28. The van der Waals surface area contributed by atoms with Crippen LogP contribution in [-0.4, -0.2) is 18.7 Å². The van der Waals surface area contributed by atoms with Crippen LogP contribution in [0.1, 0.15) is 35.0 Å². The second kappa shape index (κ2) is 6.05. The average Bonchev–Trinajstić information content (AvgIpc) is 3.05. The fourth-order valence-corrected chi connectivity index (χ4v) is 2.72. The lowest BCUT2D eigenvalue weighted by atomic mass is 9.83. The summed E-state index contributed by atoms with van der Waals surface area (Å²) in [5.74, 6) is 1.22. The Labute approximate surface area is 129 Å². The number of nitrogens with one attached hydrogen (secondary N) is 1. The van der Waals surface area contributed by atoms with E-state index in [0.717, 1.165) is 29.9 Å². The molecule has 5 heteroatoms. The lowest BCUT2D eigenvalue weighted by molar-refractivity contribution is 0.0927. The van der Waals surface area contributed by atoms with Crippen molar-refractivity contribution in [2.24, 2.45) is 11.0 Å². The Morgan fingerprint density at radius 2 is 2.23 bits per heavy atom. The number of fused-ring (bicyclic) bond motifs is 1.